The quantitative estimate of drug-likeness (QED) is 0.856. The number of nitrogens with zero attached hydrogens (tertiary/aromatic N) is 1. The molecule has 2 rings (SSSR count). The molecule has 4 nitrogen and oxygen atoms in total. The number of likely N-dealkylation sites (tertiary alicyclic amines) is 1. The van der Waals surface area contributed by atoms with Crippen molar-refractivity contribution in [2.24, 2.45) is 0 Å². The van der Waals surface area contributed by atoms with Gasteiger partial charge < -0.3 is 9.64 Å². The second kappa shape index (κ2) is 6.14. The summed E-state index contributed by atoms with van der Waals surface area (Å²) in [5.74, 6) is 0.654. The van der Waals surface area contributed by atoms with E-state index in [1.807, 2.05) is 6.07 Å². The van der Waals surface area contributed by atoms with E-state index in [0.29, 0.717) is 10.6 Å². The molecule has 0 amide bonds. The van der Waals surface area contributed by atoms with Crippen LogP contribution in [-0.2, 0) is 9.84 Å². The molecule has 0 radical (unpaired) electrons. The van der Waals surface area contributed by atoms with Gasteiger partial charge in [0.25, 0.3) is 0 Å². The molecule has 0 N–H and O–H groups in total. The topological polar surface area (TPSA) is 46.6 Å². The van der Waals surface area contributed by atoms with Gasteiger partial charge in [-0.1, -0.05) is 6.07 Å². The zero-order chi connectivity index (χ0) is 14.8. The fourth-order valence-corrected chi connectivity index (χ4v) is 3.38. The molecule has 1 aromatic rings. The van der Waals surface area contributed by atoms with E-state index < -0.39 is 15.1 Å². The molecule has 112 valence electrons. The number of piperidine rings is 1. The number of rotatable bonds is 4. The number of benzene rings is 1. The monoisotopic (exact) mass is 297 g/mol. The van der Waals surface area contributed by atoms with Gasteiger partial charge in [-0.25, -0.2) is 8.42 Å². The minimum atomic E-state index is -3.24. The largest absolute Gasteiger partial charge is 0.490 e. The Bertz CT molecular complexity index is 546. The molecule has 1 aliphatic heterocycles. The molecule has 1 saturated heterocycles. The highest BCUT2D eigenvalue weighted by atomic mass is 32.2. The molecule has 0 bridgehead atoms. The van der Waals surface area contributed by atoms with Crippen LogP contribution in [0.1, 0.15) is 26.7 Å². The van der Waals surface area contributed by atoms with E-state index in [-0.39, 0.29) is 6.10 Å². The maximum absolute atomic E-state index is 12.2. The fraction of sp³-hybridized carbons (Fsp3) is 0.600. The van der Waals surface area contributed by atoms with Crippen molar-refractivity contribution in [3.8, 4) is 5.75 Å². The number of sulfone groups is 1. The van der Waals surface area contributed by atoms with Gasteiger partial charge in [0.15, 0.2) is 9.84 Å². The van der Waals surface area contributed by atoms with Gasteiger partial charge in [-0.2, -0.15) is 0 Å². The zero-order valence-corrected chi connectivity index (χ0v) is 13.2. The highest BCUT2D eigenvalue weighted by Gasteiger charge is 2.21. The third kappa shape index (κ3) is 3.52. The summed E-state index contributed by atoms with van der Waals surface area (Å²) in [6.07, 6.45) is 2.15. The Balaban J connectivity index is 2.11. The molecule has 0 aromatic heterocycles. The van der Waals surface area contributed by atoms with Gasteiger partial charge in [0, 0.05) is 13.1 Å². The maximum atomic E-state index is 12.2. The van der Waals surface area contributed by atoms with Crippen LogP contribution in [0, 0.1) is 0 Å². The van der Waals surface area contributed by atoms with Crippen molar-refractivity contribution in [3.05, 3.63) is 24.3 Å². The van der Waals surface area contributed by atoms with Crippen LogP contribution < -0.4 is 4.74 Å². The molecular formula is C15H23NO3S. The second-order valence-electron chi connectivity index (χ2n) is 5.69. The van der Waals surface area contributed by atoms with E-state index in [0.717, 1.165) is 25.9 Å². The van der Waals surface area contributed by atoms with Gasteiger partial charge in [0.2, 0.25) is 0 Å². The van der Waals surface area contributed by atoms with Crippen LogP contribution in [0.3, 0.4) is 0 Å². The van der Waals surface area contributed by atoms with Gasteiger partial charge in [-0.3, -0.25) is 0 Å². The first-order valence-corrected chi connectivity index (χ1v) is 8.63. The smallest absolute Gasteiger partial charge is 0.180 e. The van der Waals surface area contributed by atoms with E-state index in [9.17, 15) is 8.42 Å². The van der Waals surface area contributed by atoms with E-state index in [4.69, 9.17) is 4.74 Å². The molecule has 1 heterocycles. The summed E-state index contributed by atoms with van der Waals surface area (Å²) in [7, 11) is -1.13. The van der Waals surface area contributed by atoms with Gasteiger partial charge in [0.05, 0.1) is 10.1 Å². The molecule has 0 unspecified atom stereocenters. The van der Waals surface area contributed by atoms with Crippen LogP contribution in [0.25, 0.3) is 0 Å². The van der Waals surface area contributed by atoms with Gasteiger partial charge in [-0.15, -0.1) is 0 Å². The van der Waals surface area contributed by atoms with Crippen LogP contribution in [0.2, 0.25) is 0 Å². The SMILES string of the molecule is CC(C)S(=O)(=O)c1cccc(OC2CCN(C)CC2)c1. The second-order valence-corrected chi connectivity index (χ2v) is 8.19. The van der Waals surface area contributed by atoms with Gasteiger partial charge in [-0.05, 0) is 51.9 Å². The third-order valence-electron chi connectivity index (χ3n) is 3.72. The van der Waals surface area contributed by atoms with Crippen molar-refractivity contribution in [2.45, 2.75) is 42.9 Å². The van der Waals surface area contributed by atoms with Gasteiger partial charge >= 0.3 is 0 Å². The van der Waals surface area contributed by atoms with E-state index in [1.54, 1.807) is 32.0 Å². The normalized spacial score (nSPS) is 18.4. The maximum Gasteiger partial charge on any atom is 0.180 e. The van der Waals surface area contributed by atoms with Crippen molar-refractivity contribution in [1.82, 2.24) is 4.90 Å². The fourth-order valence-electron chi connectivity index (χ4n) is 2.29. The van der Waals surface area contributed by atoms with Crippen LogP contribution >= 0.6 is 0 Å². The Morgan fingerprint density at radius 3 is 2.50 bits per heavy atom. The predicted octanol–water partition coefficient (Wildman–Crippen LogP) is 2.34. The van der Waals surface area contributed by atoms with E-state index in [1.165, 1.54) is 0 Å². The summed E-state index contributed by atoms with van der Waals surface area (Å²) in [5.41, 5.74) is 0. The number of hydrogen-bond donors (Lipinski definition) is 0. The highest BCUT2D eigenvalue weighted by Crippen LogP contribution is 2.24. The lowest BCUT2D eigenvalue weighted by Crippen LogP contribution is -2.35. The van der Waals surface area contributed by atoms with E-state index >= 15 is 0 Å². The lowest BCUT2D eigenvalue weighted by molar-refractivity contribution is 0.114. The summed E-state index contributed by atoms with van der Waals surface area (Å²) in [4.78, 5) is 2.62. The summed E-state index contributed by atoms with van der Waals surface area (Å²) in [6.45, 7) is 5.43. The molecule has 1 aromatic carbocycles. The highest BCUT2D eigenvalue weighted by molar-refractivity contribution is 7.92. The van der Waals surface area contributed by atoms with Crippen LogP contribution in [0.5, 0.6) is 5.75 Å². The molecule has 0 atom stereocenters. The molecule has 5 heteroatoms. The Kier molecular flexibility index (Phi) is 4.70. The Morgan fingerprint density at radius 2 is 1.90 bits per heavy atom. The van der Waals surface area contributed by atoms with Crippen molar-refractivity contribution < 1.29 is 13.2 Å². The molecule has 1 fully saturated rings. The van der Waals surface area contributed by atoms with Crippen molar-refractivity contribution in [2.75, 3.05) is 20.1 Å². The minimum Gasteiger partial charge on any atom is -0.490 e. The number of hydrogen-bond acceptors (Lipinski definition) is 4. The average Bonchev–Trinajstić information content (AvgIpc) is 2.41. The lowest BCUT2D eigenvalue weighted by Gasteiger charge is -2.29. The van der Waals surface area contributed by atoms with Crippen LogP contribution in [0.15, 0.2) is 29.2 Å². The van der Waals surface area contributed by atoms with Crippen LogP contribution in [-0.4, -0.2) is 44.8 Å². The Labute approximate surface area is 121 Å². The van der Waals surface area contributed by atoms with Crippen molar-refractivity contribution in [3.63, 3.8) is 0 Å². The van der Waals surface area contributed by atoms with Crippen LogP contribution in [0.4, 0.5) is 0 Å². The number of ether oxygens (including phenoxy) is 1. The Hall–Kier alpha value is -1.07. The first-order valence-electron chi connectivity index (χ1n) is 7.09. The standard InChI is InChI=1S/C15H23NO3S/c1-12(2)20(17,18)15-6-4-5-14(11-15)19-13-7-9-16(3)10-8-13/h4-6,11-13H,7-10H2,1-3H3. The summed E-state index contributed by atoms with van der Waals surface area (Å²) < 4.78 is 30.2. The van der Waals surface area contributed by atoms with E-state index in [2.05, 4.69) is 11.9 Å². The van der Waals surface area contributed by atoms with Crippen molar-refractivity contribution in [1.29, 1.82) is 0 Å². The lowest BCUT2D eigenvalue weighted by atomic mass is 10.1. The molecule has 1 aliphatic rings. The predicted molar refractivity (Wildman–Crippen MR) is 79.9 cm³/mol. The zero-order valence-electron chi connectivity index (χ0n) is 12.4. The summed E-state index contributed by atoms with van der Waals surface area (Å²) >= 11 is 0. The minimum absolute atomic E-state index is 0.184. The van der Waals surface area contributed by atoms with Crippen molar-refractivity contribution >= 4 is 9.84 Å². The van der Waals surface area contributed by atoms with Gasteiger partial charge in [0.1, 0.15) is 11.9 Å². The first kappa shape index (κ1) is 15.3. The molecule has 0 spiro atoms. The third-order valence-corrected chi connectivity index (χ3v) is 5.88. The average molecular weight is 297 g/mol. The summed E-state index contributed by atoms with van der Waals surface area (Å²) in [6, 6.07) is 6.86. The molecule has 0 saturated carbocycles. The summed E-state index contributed by atoms with van der Waals surface area (Å²) in [5, 5.41) is -0.416. The molecular weight excluding hydrogens is 274 g/mol. The molecule has 0 aliphatic carbocycles. The first-order chi connectivity index (χ1) is 9.39. The Morgan fingerprint density at radius 1 is 1.25 bits per heavy atom. The molecule has 20 heavy (non-hydrogen) atoms.